The van der Waals surface area contributed by atoms with Crippen LogP contribution in [-0.4, -0.2) is 6.54 Å². The molecule has 1 heteroatoms. The van der Waals surface area contributed by atoms with Crippen LogP contribution in [0.15, 0.2) is 6.07 Å². The Morgan fingerprint density at radius 1 is 1.21 bits per heavy atom. The molecule has 0 aliphatic carbocycles. The van der Waals surface area contributed by atoms with Gasteiger partial charge in [-0.3, -0.25) is 0 Å². The molecule has 14 heavy (non-hydrogen) atoms. The van der Waals surface area contributed by atoms with Crippen molar-refractivity contribution in [1.82, 2.24) is 0 Å². The highest BCUT2D eigenvalue weighted by Crippen LogP contribution is 2.36. The van der Waals surface area contributed by atoms with E-state index in [4.69, 9.17) is 0 Å². The summed E-state index contributed by atoms with van der Waals surface area (Å²) < 4.78 is 0. The number of fused-ring (bicyclic) bond motifs is 1. The molecule has 0 aromatic heterocycles. The van der Waals surface area contributed by atoms with Crippen molar-refractivity contribution in [3.05, 3.63) is 28.3 Å². The standard InChI is InChI=1S/C13H19N/c1-8-5-6-14-13-11(4)10(3)9(2)7-12(8)13/h7-8,14H,5-6H2,1-4H3. The van der Waals surface area contributed by atoms with Gasteiger partial charge in [0, 0.05) is 12.2 Å². The Morgan fingerprint density at radius 3 is 2.64 bits per heavy atom. The number of anilines is 1. The summed E-state index contributed by atoms with van der Waals surface area (Å²) in [7, 11) is 0. The Kier molecular flexibility index (Phi) is 2.26. The van der Waals surface area contributed by atoms with Gasteiger partial charge in [-0.25, -0.2) is 0 Å². The third-order valence-corrected chi connectivity index (χ3v) is 3.60. The summed E-state index contributed by atoms with van der Waals surface area (Å²) in [6, 6.07) is 2.36. The molecular formula is C13H19N. The van der Waals surface area contributed by atoms with Crippen molar-refractivity contribution in [2.75, 3.05) is 11.9 Å². The smallest absolute Gasteiger partial charge is 0.0408 e. The van der Waals surface area contributed by atoms with Gasteiger partial charge in [-0.15, -0.1) is 0 Å². The quantitative estimate of drug-likeness (QED) is 0.658. The molecule has 0 spiro atoms. The van der Waals surface area contributed by atoms with Crippen LogP contribution in [0.1, 0.15) is 41.5 Å². The first kappa shape index (κ1) is 9.57. The number of benzene rings is 1. The number of aryl methyl sites for hydroxylation is 1. The molecule has 1 unspecified atom stereocenters. The van der Waals surface area contributed by atoms with Gasteiger partial charge in [0.05, 0.1) is 0 Å². The van der Waals surface area contributed by atoms with Crippen LogP contribution in [0.2, 0.25) is 0 Å². The lowest BCUT2D eigenvalue weighted by Gasteiger charge is -2.27. The minimum absolute atomic E-state index is 0.712. The minimum Gasteiger partial charge on any atom is -0.385 e. The zero-order valence-electron chi connectivity index (χ0n) is 9.57. The average Bonchev–Trinajstić information content (AvgIpc) is 2.17. The molecule has 0 radical (unpaired) electrons. The van der Waals surface area contributed by atoms with E-state index in [-0.39, 0.29) is 0 Å². The Morgan fingerprint density at radius 2 is 1.93 bits per heavy atom. The molecule has 1 aliphatic heterocycles. The van der Waals surface area contributed by atoms with Crippen molar-refractivity contribution in [2.45, 2.75) is 40.0 Å². The van der Waals surface area contributed by atoms with Crippen LogP contribution in [0.3, 0.4) is 0 Å². The topological polar surface area (TPSA) is 12.0 Å². The Hall–Kier alpha value is -0.980. The molecule has 76 valence electrons. The molecule has 1 aromatic rings. The van der Waals surface area contributed by atoms with Gasteiger partial charge in [0.2, 0.25) is 0 Å². The summed E-state index contributed by atoms with van der Waals surface area (Å²) in [5, 5.41) is 3.53. The second kappa shape index (κ2) is 3.30. The third-order valence-electron chi connectivity index (χ3n) is 3.60. The fourth-order valence-corrected chi connectivity index (χ4v) is 2.31. The van der Waals surface area contributed by atoms with Crippen LogP contribution in [-0.2, 0) is 0 Å². The van der Waals surface area contributed by atoms with Crippen molar-refractivity contribution in [1.29, 1.82) is 0 Å². The van der Waals surface area contributed by atoms with Gasteiger partial charge in [-0.2, -0.15) is 0 Å². The van der Waals surface area contributed by atoms with Gasteiger partial charge in [0.1, 0.15) is 0 Å². The highest BCUT2D eigenvalue weighted by atomic mass is 14.9. The van der Waals surface area contributed by atoms with E-state index in [0.717, 1.165) is 6.54 Å². The maximum Gasteiger partial charge on any atom is 0.0408 e. The molecule has 1 heterocycles. The van der Waals surface area contributed by atoms with Crippen molar-refractivity contribution in [3.8, 4) is 0 Å². The Balaban J connectivity index is 2.63. The SMILES string of the molecule is Cc1cc2c(c(C)c1C)NCCC2C. The molecular weight excluding hydrogens is 170 g/mol. The predicted molar refractivity (Wildman–Crippen MR) is 62.2 cm³/mol. The third kappa shape index (κ3) is 1.31. The zero-order valence-corrected chi connectivity index (χ0v) is 9.57. The Labute approximate surface area is 86.5 Å². The summed E-state index contributed by atoms with van der Waals surface area (Å²) >= 11 is 0. The van der Waals surface area contributed by atoms with Gasteiger partial charge >= 0.3 is 0 Å². The van der Waals surface area contributed by atoms with Crippen LogP contribution in [0.4, 0.5) is 5.69 Å². The highest BCUT2D eigenvalue weighted by molar-refractivity contribution is 5.64. The molecule has 0 fully saturated rings. The van der Waals surface area contributed by atoms with Crippen molar-refractivity contribution >= 4 is 5.69 Å². The second-order valence-corrected chi connectivity index (χ2v) is 4.52. The van der Waals surface area contributed by atoms with Crippen LogP contribution in [0.25, 0.3) is 0 Å². The molecule has 1 N–H and O–H groups in total. The molecule has 1 aromatic carbocycles. The van der Waals surface area contributed by atoms with Gasteiger partial charge in [-0.05, 0) is 55.4 Å². The molecule has 1 atom stereocenters. The molecule has 0 saturated heterocycles. The number of nitrogens with one attached hydrogen (secondary N) is 1. The maximum atomic E-state index is 3.53. The zero-order chi connectivity index (χ0) is 10.3. The summed E-state index contributed by atoms with van der Waals surface area (Å²) in [5.74, 6) is 0.712. The minimum atomic E-state index is 0.712. The van der Waals surface area contributed by atoms with Crippen molar-refractivity contribution in [2.24, 2.45) is 0 Å². The maximum absolute atomic E-state index is 3.53. The number of hydrogen-bond acceptors (Lipinski definition) is 1. The monoisotopic (exact) mass is 189 g/mol. The van der Waals surface area contributed by atoms with Crippen molar-refractivity contribution < 1.29 is 0 Å². The van der Waals surface area contributed by atoms with Crippen molar-refractivity contribution in [3.63, 3.8) is 0 Å². The molecule has 0 bridgehead atoms. The average molecular weight is 189 g/mol. The fraction of sp³-hybridized carbons (Fsp3) is 0.538. The van der Waals surface area contributed by atoms with Crippen LogP contribution in [0.5, 0.6) is 0 Å². The van der Waals surface area contributed by atoms with E-state index < -0.39 is 0 Å². The molecule has 2 rings (SSSR count). The van der Waals surface area contributed by atoms with Crippen LogP contribution < -0.4 is 5.32 Å². The highest BCUT2D eigenvalue weighted by Gasteiger charge is 2.19. The first-order chi connectivity index (χ1) is 6.61. The summed E-state index contributed by atoms with van der Waals surface area (Å²) in [6.07, 6.45) is 1.26. The summed E-state index contributed by atoms with van der Waals surface area (Å²) in [6.45, 7) is 10.1. The summed E-state index contributed by atoms with van der Waals surface area (Å²) in [4.78, 5) is 0. The predicted octanol–water partition coefficient (Wildman–Crippen LogP) is 3.53. The molecule has 1 aliphatic rings. The van der Waals surface area contributed by atoms with E-state index >= 15 is 0 Å². The number of hydrogen-bond donors (Lipinski definition) is 1. The lowest BCUT2D eigenvalue weighted by Crippen LogP contribution is -2.17. The van der Waals surface area contributed by atoms with E-state index in [2.05, 4.69) is 39.1 Å². The fourth-order valence-electron chi connectivity index (χ4n) is 2.31. The lowest BCUT2D eigenvalue weighted by molar-refractivity contribution is 0.681. The molecule has 0 amide bonds. The van der Waals surface area contributed by atoms with E-state index in [1.165, 1.54) is 34.4 Å². The first-order valence-electron chi connectivity index (χ1n) is 5.46. The Bertz CT molecular complexity index is 366. The van der Waals surface area contributed by atoms with Crippen LogP contribution in [0, 0.1) is 20.8 Å². The van der Waals surface area contributed by atoms with Gasteiger partial charge in [0.15, 0.2) is 0 Å². The van der Waals surface area contributed by atoms with Gasteiger partial charge in [-0.1, -0.05) is 13.0 Å². The second-order valence-electron chi connectivity index (χ2n) is 4.52. The lowest BCUT2D eigenvalue weighted by atomic mass is 9.87. The molecule has 1 nitrogen and oxygen atoms in total. The van der Waals surface area contributed by atoms with Gasteiger partial charge < -0.3 is 5.32 Å². The molecule has 0 saturated carbocycles. The van der Waals surface area contributed by atoms with E-state index in [0.29, 0.717) is 5.92 Å². The number of rotatable bonds is 0. The normalized spacial score (nSPS) is 20.1. The van der Waals surface area contributed by atoms with Crippen LogP contribution >= 0.6 is 0 Å². The summed E-state index contributed by atoms with van der Waals surface area (Å²) in [5.41, 5.74) is 7.21. The van der Waals surface area contributed by atoms with E-state index in [9.17, 15) is 0 Å². The van der Waals surface area contributed by atoms with E-state index in [1.807, 2.05) is 0 Å². The van der Waals surface area contributed by atoms with E-state index in [1.54, 1.807) is 0 Å². The first-order valence-corrected chi connectivity index (χ1v) is 5.46. The van der Waals surface area contributed by atoms with Gasteiger partial charge in [0.25, 0.3) is 0 Å². The largest absolute Gasteiger partial charge is 0.385 e.